The fraction of sp³-hybridized carbons (Fsp3) is 0.259. The summed E-state index contributed by atoms with van der Waals surface area (Å²) in [5.74, 6) is -1.69. The van der Waals surface area contributed by atoms with Gasteiger partial charge in [0.05, 0.1) is 36.8 Å². The number of nitrogens with zero attached hydrogens (tertiary/aromatic N) is 4. The highest BCUT2D eigenvalue weighted by Gasteiger charge is 2.19. The number of halogens is 2. The van der Waals surface area contributed by atoms with Gasteiger partial charge in [-0.05, 0) is 42.3 Å². The molecule has 0 bridgehead atoms. The first kappa shape index (κ1) is 28.4. The third kappa shape index (κ3) is 5.84. The highest BCUT2D eigenvalue weighted by Crippen LogP contribution is 2.31. The van der Waals surface area contributed by atoms with Gasteiger partial charge in [-0.15, -0.1) is 0 Å². The van der Waals surface area contributed by atoms with Gasteiger partial charge in [-0.1, -0.05) is 6.92 Å². The fourth-order valence-corrected chi connectivity index (χ4v) is 4.13. The van der Waals surface area contributed by atoms with E-state index >= 15 is 0 Å². The molecule has 1 unspecified atom stereocenters. The number of anilines is 3. The molecule has 4 aromatic rings. The molecular formula is C27H31F2N9O2. The summed E-state index contributed by atoms with van der Waals surface area (Å²) >= 11 is 0. The molecule has 2 heterocycles. The molecule has 2 aromatic heterocycles. The minimum atomic E-state index is -0.981. The molecule has 4 rings (SSSR count). The predicted molar refractivity (Wildman–Crippen MR) is 151 cm³/mol. The van der Waals surface area contributed by atoms with Crippen LogP contribution in [0.1, 0.15) is 22.8 Å². The molecule has 0 saturated carbocycles. The standard InChI is InChI=1S/C27H31F2N9O2/c1-3-15-12-16(4-5-17(15)27(40)35-9-8-33-24(31)19(30)14-39)37-25-26-36-13-21(38(26)11-10-34-25)18-6-7-20(32-2)23(29)22(18)28/h4-7,10-13,19,32,39H,3,8-9,14,30H2,1-2H3,(H2,31,33)(H,34,37)(H,35,40). The number of aliphatic imine (C=N–C) groups is 1. The van der Waals surface area contributed by atoms with Crippen LogP contribution in [0.25, 0.3) is 16.9 Å². The van der Waals surface area contributed by atoms with Crippen molar-refractivity contribution in [3.8, 4) is 11.3 Å². The van der Waals surface area contributed by atoms with Crippen molar-refractivity contribution in [2.45, 2.75) is 19.4 Å². The highest BCUT2D eigenvalue weighted by molar-refractivity contribution is 5.96. The van der Waals surface area contributed by atoms with Crippen LogP contribution in [0.3, 0.4) is 0 Å². The summed E-state index contributed by atoms with van der Waals surface area (Å²) in [5.41, 5.74) is 14.1. The van der Waals surface area contributed by atoms with Gasteiger partial charge in [0.25, 0.3) is 5.91 Å². The molecule has 40 heavy (non-hydrogen) atoms. The van der Waals surface area contributed by atoms with Gasteiger partial charge in [-0.3, -0.25) is 14.2 Å². The first-order valence-corrected chi connectivity index (χ1v) is 12.6. The van der Waals surface area contributed by atoms with Crippen molar-refractivity contribution in [3.63, 3.8) is 0 Å². The maximum atomic E-state index is 14.8. The van der Waals surface area contributed by atoms with E-state index in [0.29, 0.717) is 34.8 Å². The second kappa shape index (κ2) is 12.5. The number of carbonyl (C=O) groups excluding carboxylic acids is 1. The fourth-order valence-electron chi connectivity index (χ4n) is 4.13. The van der Waals surface area contributed by atoms with Crippen molar-refractivity contribution in [1.29, 1.82) is 0 Å². The summed E-state index contributed by atoms with van der Waals surface area (Å²) in [7, 11) is 1.52. The lowest BCUT2D eigenvalue weighted by Gasteiger charge is -2.13. The number of aliphatic hydroxyl groups excluding tert-OH is 1. The Balaban J connectivity index is 1.53. The Morgan fingerprint density at radius 1 is 1.20 bits per heavy atom. The number of amides is 1. The van der Waals surface area contributed by atoms with Gasteiger partial charge in [0.1, 0.15) is 5.84 Å². The van der Waals surface area contributed by atoms with E-state index in [-0.39, 0.29) is 42.7 Å². The van der Waals surface area contributed by atoms with Crippen LogP contribution in [0.15, 0.2) is 53.9 Å². The molecule has 0 aliphatic heterocycles. The largest absolute Gasteiger partial charge is 0.394 e. The van der Waals surface area contributed by atoms with Crippen LogP contribution in [0.5, 0.6) is 0 Å². The van der Waals surface area contributed by atoms with Crippen LogP contribution >= 0.6 is 0 Å². The van der Waals surface area contributed by atoms with Gasteiger partial charge in [0.15, 0.2) is 23.1 Å². The van der Waals surface area contributed by atoms with Gasteiger partial charge in [0, 0.05) is 42.8 Å². The number of nitrogens with two attached hydrogens (primary N) is 2. The number of imidazole rings is 1. The lowest BCUT2D eigenvalue weighted by atomic mass is 10.0. The topological polar surface area (TPSA) is 168 Å². The molecule has 1 atom stereocenters. The molecule has 1 amide bonds. The molecule has 0 radical (unpaired) electrons. The van der Waals surface area contributed by atoms with Crippen molar-refractivity contribution in [2.24, 2.45) is 16.5 Å². The molecule has 13 heteroatoms. The van der Waals surface area contributed by atoms with E-state index in [1.807, 2.05) is 13.0 Å². The highest BCUT2D eigenvalue weighted by atomic mass is 19.2. The van der Waals surface area contributed by atoms with E-state index in [0.717, 1.165) is 5.56 Å². The number of hydrogen-bond acceptors (Lipinski definition) is 8. The summed E-state index contributed by atoms with van der Waals surface area (Å²) in [4.78, 5) is 25.6. The number of aromatic nitrogens is 3. The van der Waals surface area contributed by atoms with Crippen molar-refractivity contribution in [1.82, 2.24) is 19.7 Å². The zero-order chi connectivity index (χ0) is 28.8. The molecule has 8 N–H and O–H groups in total. The maximum absolute atomic E-state index is 14.8. The van der Waals surface area contributed by atoms with E-state index in [1.54, 1.807) is 22.7 Å². The molecule has 2 aromatic carbocycles. The average molecular weight is 552 g/mol. The smallest absolute Gasteiger partial charge is 0.251 e. The Labute approximate surface area is 229 Å². The number of nitrogens with one attached hydrogen (secondary N) is 3. The van der Waals surface area contributed by atoms with Gasteiger partial charge in [0.2, 0.25) is 0 Å². The van der Waals surface area contributed by atoms with Crippen LogP contribution in [0.2, 0.25) is 0 Å². The lowest BCUT2D eigenvalue weighted by molar-refractivity contribution is 0.0954. The van der Waals surface area contributed by atoms with E-state index in [1.165, 1.54) is 31.6 Å². The van der Waals surface area contributed by atoms with Gasteiger partial charge < -0.3 is 32.5 Å². The van der Waals surface area contributed by atoms with E-state index in [9.17, 15) is 13.6 Å². The number of aryl methyl sites for hydroxylation is 1. The molecule has 0 aliphatic carbocycles. The molecule has 0 spiro atoms. The number of rotatable bonds is 11. The Morgan fingerprint density at radius 3 is 2.73 bits per heavy atom. The molecular weight excluding hydrogens is 520 g/mol. The Hall–Kier alpha value is -4.62. The maximum Gasteiger partial charge on any atom is 0.251 e. The van der Waals surface area contributed by atoms with Gasteiger partial charge >= 0.3 is 0 Å². The first-order chi connectivity index (χ1) is 19.3. The predicted octanol–water partition coefficient (Wildman–Crippen LogP) is 2.43. The first-order valence-electron chi connectivity index (χ1n) is 12.6. The second-order valence-corrected chi connectivity index (χ2v) is 8.85. The summed E-state index contributed by atoms with van der Waals surface area (Å²) < 4.78 is 30.8. The SMILES string of the molecule is CCc1cc(Nc2nccn3c(-c4ccc(NC)c(F)c4F)cnc23)ccc1C(=O)NCCN=C(N)C(N)CO. The summed E-state index contributed by atoms with van der Waals surface area (Å²) in [6.45, 7) is 2.10. The monoisotopic (exact) mass is 551 g/mol. The third-order valence-electron chi connectivity index (χ3n) is 6.32. The lowest BCUT2D eigenvalue weighted by Crippen LogP contribution is -2.40. The summed E-state index contributed by atoms with van der Waals surface area (Å²) in [6.07, 6.45) is 5.20. The van der Waals surface area contributed by atoms with Crippen LogP contribution in [-0.4, -0.2) is 64.0 Å². The van der Waals surface area contributed by atoms with Gasteiger partial charge in [-0.2, -0.15) is 0 Å². The second-order valence-electron chi connectivity index (χ2n) is 8.85. The van der Waals surface area contributed by atoms with Gasteiger partial charge in [-0.25, -0.2) is 18.7 Å². The Bertz CT molecular complexity index is 1550. The number of aliphatic hydroxyl groups is 1. The van der Waals surface area contributed by atoms with Crippen LogP contribution < -0.4 is 27.4 Å². The normalized spacial score (nSPS) is 12.4. The van der Waals surface area contributed by atoms with Crippen molar-refractivity contribution < 1.29 is 18.7 Å². The zero-order valence-electron chi connectivity index (χ0n) is 22.1. The summed E-state index contributed by atoms with van der Waals surface area (Å²) in [6, 6.07) is 7.51. The molecule has 210 valence electrons. The van der Waals surface area contributed by atoms with Crippen molar-refractivity contribution in [3.05, 3.63) is 71.7 Å². The average Bonchev–Trinajstić information content (AvgIpc) is 3.40. The number of fused-ring (bicyclic) bond motifs is 1. The minimum absolute atomic E-state index is 0.0592. The van der Waals surface area contributed by atoms with Crippen LogP contribution in [-0.2, 0) is 6.42 Å². The zero-order valence-corrected chi connectivity index (χ0v) is 22.1. The van der Waals surface area contributed by atoms with Crippen molar-refractivity contribution in [2.75, 3.05) is 37.4 Å². The minimum Gasteiger partial charge on any atom is -0.394 e. The molecule has 0 aliphatic rings. The van der Waals surface area contributed by atoms with Crippen molar-refractivity contribution >= 4 is 34.6 Å². The number of amidine groups is 1. The quantitative estimate of drug-likeness (QED) is 0.0939. The number of carbonyl (C=O) groups is 1. The third-order valence-corrected chi connectivity index (χ3v) is 6.32. The molecule has 0 fully saturated rings. The molecule has 11 nitrogen and oxygen atoms in total. The van der Waals surface area contributed by atoms with E-state index in [4.69, 9.17) is 16.6 Å². The Morgan fingerprint density at radius 2 is 2.00 bits per heavy atom. The molecule has 0 saturated heterocycles. The van der Waals surface area contributed by atoms with E-state index < -0.39 is 17.7 Å². The van der Waals surface area contributed by atoms with Crippen LogP contribution in [0.4, 0.5) is 26.0 Å². The Kier molecular flexibility index (Phi) is 8.86. The van der Waals surface area contributed by atoms with Crippen LogP contribution in [0, 0.1) is 11.6 Å². The number of benzene rings is 2. The number of hydrogen-bond donors (Lipinski definition) is 6. The summed E-state index contributed by atoms with van der Waals surface area (Å²) in [5, 5.41) is 17.6. The van der Waals surface area contributed by atoms with E-state index in [2.05, 4.69) is 30.9 Å².